The van der Waals surface area contributed by atoms with Crippen LogP contribution in [0.5, 0.6) is 0 Å². The number of hydrogen-bond donors (Lipinski definition) is 1. The zero-order chi connectivity index (χ0) is 16.0. The van der Waals surface area contributed by atoms with Crippen molar-refractivity contribution < 1.29 is 8.42 Å². The van der Waals surface area contributed by atoms with Crippen LogP contribution in [0.25, 0.3) is 0 Å². The molecule has 0 aliphatic rings. The smallest absolute Gasteiger partial charge is 0.150 e. The molecule has 0 aliphatic heterocycles. The number of nitrogens with one attached hydrogen (secondary N) is 1. The second kappa shape index (κ2) is 7.94. The Labute approximate surface area is 129 Å². The van der Waals surface area contributed by atoms with Crippen molar-refractivity contribution in [1.82, 2.24) is 15.1 Å². The summed E-state index contributed by atoms with van der Waals surface area (Å²) in [6, 6.07) is 0.309. The van der Waals surface area contributed by atoms with Crippen molar-refractivity contribution in [3.05, 3.63) is 17.0 Å². The molecular formula is C15H29N3O2S. The van der Waals surface area contributed by atoms with Crippen LogP contribution in [0, 0.1) is 13.8 Å². The van der Waals surface area contributed by atoms with Crippen LogP contribution in [0.2, 0.25) is 0 Å². The maximum Gasteiger partial charge on any atom is 0.150 e. The fourth-order valence-electron chi connectivity index (χ4n) is 2.62. The topological polar surface area (TPSA) is 64.0 Å². The standard InChI is InChI=1S/C15H29N3O2S/c1-6-16-14(9-8-10-21(19,20)7-2)11-15-12(3)17-18(5)13(15)4/h14,16H,6-11H2,1-5H3. The van der Waals surface area contributed by atoms with E-state index in [-0.39, 0.29) is 11.5 Å². The van der Waals surface area contributed by atoms with Crippen molar-refractivity contribution in [1.29, 1.82) is 0 Å². The quantitative estimate of drug-likeness (QED) is 0.754. The van der Waals surface area contributed by atoms with Crippen molar-refractivity contribution in [2.24, 2.45) is 7.05 Å². The Kier molecular flexibility index (Phi) is 6.87. The first-order valence-electron chi connectivity index (χ1n) is 7.73. The minimum Gasteiger partial charge on any atom is -0.314 e. The van der Waals surface area contributed by atoms with Gasteiger partial charge in [-0.3, -0.25) is 4.68 Å². The Balaban J connectivity index is 2.65. The third-order valence-electron chi connectivity index (χ3n) is 4.05. The Hall–Kier alpha value is -0.880. The minimum absolute atomic E-state index is 0.236. The van der Waals surface area contributed by atoms with Gasteiger partial charge >= 0.3 is 0 Å². The maximum absolute atomic E-state index is 11.6. The van der Waals surface area contributed by atoms with E-state index in [1.807, 2.05) is 18.7 Å². The second-order valence-electron chi connectivity index (χ2n) is 5.61. The van der Waals surface area contributed by atoms with Crippen LogP contribution in [0.3, 0.4) is 0 Å². The number of nitrogens with zero attached hydrogens (tertiary/aromatic N) is 2. The number of aryl methyl sites for hydroxylation is 2. The van der Waals surface area contributed by atoms with Gasteiger partial charge in [-0.25, -0.2) is 8.42 Å². The Morgan fingerprint density at radius 2 is 1.95 bits per heavy atom. The average molecular weight is 315 g/mol. The Bertz CT molecular complexity index is 550. The third kappa shape index (κ3) is 5.43. The summed E-state index contributed by atoms with van der Waals surface area (Å²) < 4.78 is 25.1. The van der Waals surface area contributed by atoms with Crippen LogP contribution >= 0.6 is 0 Å². The number of sulfone groups is 1. The zero-order valence-electron chi connectivity index (χ0n) is 13.9. The molecule has 0 saturated carbocycles. The van der Waals surface area contributed by atoms with E-state index >= 15 is 0 Å². The van der Waals surface area contributed by atoms with Gasteiger partial charge in [0.2, 0.25) is 0 Å². The van der Waals surface area contributed by atoms with Crippen LogP contribution < -0.4 is 5.32 Å². The largest absolute Gasteiger partial charge is 0.314 e. The van der Waals surface area contributed by atoms with Crippen LogP contribution in [0.4, 0.5) is 0 Å². The van der Waals surface area contributed by atoms with Gasteiger partial charge in [0.25, 0.3) is 0 Å². The normalized spacial score (nSPS) is 13.6. The lowest BCUT2D eigenvalue weighted by atomic mass is 10.0. The first kappa shape index (κ1) is 18.2. The molecule has 1 aromatic rings. The van der Waals surface area contributed by atoms with Crippen molar-refractivity contribution in [2.45, 2.75) is 53.0 Å². The third-order valence-corrected chi connectivity index (χ3v) is 5.84. The molecule has 5 nitrogen and oxygen atoms in total. The van der Waals surface area contributed by atoms with Crippen molar-refractivity contribution in [3.63, 3.8) is 0 Å². The van der Waals surface area contributed by atoms with Crippen LogP contribution in [0.15, 0.2) is 0 Å². The van der Waals surface area contributed by atoms with Gasteiger partial charge in [0.05, 0.1) is 11.4 Å². The van der Waals surface area contributed by atoms with E-state index in [1.54, 1.807) is 6.92 Å². The first-order valence-corrected chi connectivity index (χ1v) is 9.55. The van der Waals surface area contributed by atoms with Crippen molar-refractivity contribution in [3.8, 4) is 0 Å². The van der Waals surface area contributed by atoms with Gasteiger partial charge in [0.1, 0.15) is 9.84 Å². The lowest BCUT2D eigenvalue weighted by Crippen LogP contribution is -2.32. The van der Waals surface area contributed by atoms with Gasteiger partial charge in [-0.1, -0.05) is 13.8 Å². The molecule has 122 valence electrons. The number of rotatable bonds is 9. The lowest BCUT2D eigenvalue weighted by molar-refractivity contribution is 0.482. The van der Waals surface area contributed by atoms with Gasteiger partial charge in [0, 0.05) is 24.5 Å². The summed E-state index contributed by atoms with van der Waals surface area (Å²) in [6.45, 7) is 8.80. The summed E-state index contributed by atoms with van der Waals surface area (Å²) in [5.74, 6) is 0.524. The fraction of sp³-hybridized carbons (Fsp3) is 0.800. The predicted molar refractivity (Wildman–Crippen MR) is 87.4 cm³/mol. The lowest BCUT2D eigenvalue weighted by Gasteiger charge is -2.18. The van der Waals surface area contributed by atoms with Gasteiger partial charge in [-0.2, -0.15) is 5.10 Å². The predicted octanol–water partition coefficient (Wildman–Crippen LogP) is 1.77. The van der Waals surface area contributed by atoms with Gasteiger partial charge in [-0.05, 0) is 45.2 Å². The Morgan fingerprint density at radius 1 is 1.29 bits per heavy atom. The van der Waals surface area contributed by atoms with E-state index in [9.17, 15) is 8.42 Å². The number of aromatic nitrogens is 2. The molecule has 0 aliphatic carbocycles. The molecule has 1 heterocycles. The highest BCUT2D eigenvalue weighted by Gasteiger charge is 2.16. The van der Waals surface area contributed by atoms with Gasteiger partial charge < -0.3 is 5.32 Å². The molecule has 0 saturated heterocycles. The molecule has 1 atom stereocenters. The first-order chi connectivity index (χ1) is 9.80. The van der Waals surface area contributed by atoms with E-state index < -0.39 is 9.84 Å². The summed E-state index contributed by atoms with van der Waals surface area (Å²) in [5, 5.41) is 7.92. The van der Waals surface area contributed by atoms with Gasteiger partial charge in [0.15, 0.2) is 0 Å². The molecule has 21 heavy (non-hydrogen) atoms. The second-order valence-corrected chi connectivity index (χ2v) is 8.08. The Morgan fingerprint density at radius 3 is 2.43 bits per heavy atom. The highest BCUT2D eigenvalue weighted by atomic mass is 32.2. The van der Waals surface area contributed by atoms with E-state index in [0.717, 1.165) is 25.1 Å². The summed E-state index contributed by atoms with van der Waals surface area (Å²) in [4.78, 5) is 0. The van der Waals surface area contributed by atoms with Crippen LogP contribution in [-0.4, -0.2) is 42.3 Å². The van der Waals surface area contributed by atoms with Crippen LogP contribution in [-0.2, 0) is 23.3 Å². The molecule has 0 bridgehead atoms. The molecule has 1 rings (SSSR count). The average Bonchev–Trinajstić information content (AvgIpc) is 2.65. The molecule has 1 aromatic heterocycles. The van der Waals surface area contributed by atoms with E-state index in [0.29, 0.717) is 12.5 Å². The van der Waals surface area contributed by atoms with E-state index in [4.69, 9.17) is 0 Å². The van der Waals surface area contributed by atoms with E-state index in [1.165, 1.54) is 11.3 Å². The molecular weight excluding hydrogens is 286 g/mol. The van der Waals surface area contributed by atoms with Gasteiger partial charge in [-0.15, -0.1) is 0 Å². The highest BCUT2D eigenvalue weighted by molar-refractivity contribution is 7.91. The minimum atomic E-state index is -2.86. The van der Waals surface area contributed by atoms with E-state index in [2.05, 4.69) is 24.3 Å². The summed E-state index contributed by atoms with van der Waals surface area (Å²) in [6.07, 6.45) is 2.50. The van der Waals surface area contributed by atoms with Crippen molar-refractivity contribution in [2.75, 3.05) is 18.1 Å². The molecule has 0 aromatic carbocycles. The molecule has 0 radical (unpaired) electrons. The highest BCUT2D eigenvalue weighted by Crippen LogP contribution is 2.16. The number of likely N-dealkylation sites (N-methyl/N-ethyl adjacent to an activating group) is 1. The molecule has 0 fully saturated rings. The molecule has 6 heteroatoms. The number of hydrogen-bond acceptors (Lipinski definition) is 4. The SMILES string of the molecule is CCNC(CCCS(=O)(=O)CC)Cc1c(C)nn(C)c1C. The molecule has 0 spiro atoms. The van der Waals surface area contributed by atoms with Crippen LogP contribution in [0.1, 0.15) is 43.6 Å². The molecule has 0 amide bonds. The van der Waals surface area contributed by atoms with Crippen molar-refractivity contribution >= 4 is 9.84 Å². The molecule has 1 unspecified atom stereocenters. The molecule has 1 N–H and O–H groups in total. The summed E-state index contributed by atoms with van der Waals surface area (Å²) >= 11 is 0. The maximum atomic E-state index is 11.6. The fourth-order valence-corrected chi connectivity index (χ4v) is 3.51. The zero-order valence-corrected chi connectivity index (χ0v) is 14.8. The summed E-state index contributed by atoms with van der Waals surface area (Å²) in [7, 11) is -0.899. The monoisotopic (exact) mass is 315 g/mol. The summed E-state index contributed by atoms with van der Waals surface area (Å²) in [5.41, 5.74) is 3.54.